The zero-order valence-corrected chi connectivity index (χ0v) is 19.3. The standard InChI is InChI=1S/C23H38O7/c1-8-9-16-23(7,30-21(26)27-16)19-15(5)18-13(3)11-22(6,29-18)10-12(2)17(24)14(4)20(25)28-19/h12-19,24H,8-11H2,1-7H3/t12-,13?,14-,15+,16-,17+,18?,19-,22+,23-/m1/s1. The van der Waals surface area contributed by atoms with Gasteiger partial charge in [0.1, 0.15) is 12.2 Å². The van der Waals surface area contributed by atoms with Crippen molar-refractivity contribution in [1.82, 2.24) is 0 Å². The molecule has 2 unspecified atom stereocenters. The van der Waals surface area contributed by atoms with E-state index in [0.717, 1.165) is 12.8 Å². The average molecular weight is 427 g/mol. The Labute approximate surface area is 179 Å². The number of carbonyl (C=O) groups excluding carboxylic acids is 2. The van der Waals surface area contributed by atoms with Crippen molar-refractivity contribution in [1.29, 1.82) is 0 Å². The maximum Gasteiger partial charge on any atom is 0.509 e. The van der Waals surface area contributed by atoms with Crippen LogP contribution in [0, 0.1) is 23.7 Å². The molecule has 0 saturated carbocycles. The Morgan fingerprint density at radius 3 is 2.30 bits per heavy atom. The molecule has 3 aliphatic rings. The van der Waals surface area contributed by atoms with Crippen LogP contribution in [0.25, 0.3) is 0 Å². The van der Waals surface area contributed by atoms with Gasteiger partial charge in [0.15, 0.2) is 5.60 Å². The molecule has 3 rings (SSSR count). The summed E-state index contributed by atoms with van der Waals surface area (Å²) < 4.78 is 23.7. The van der Waals surface area contributed by atoms with Crippen molar-refractivity contribution >= 4 is 12.1 Å². The second-order valence-electron chi connectivity index (χ2n) is 10.3. The first kappa shape index (κ1) is 23.3. The molecule has 3 aliphatic heterocycles. The van der Waals surface area contributed by atoms with Crippen molar-refractivity contribution in [3.05, 3.63) is 0 Å². The predicted octanol–water partition coefficient (Wildman–Crippen LogP) is 3.85. The maximum absolute atomic E-state index is 13.1. The van der Waals surface area contributed by atoms with Gasteiger partial charge in [0, 0.05) is 5.92 Å². The molecular weight excluding hydrogens is 388 g/mol. The van der Waals surface area contributed by atoms with E-state index in [1.165, 1.54) is 0 Å². The molecule has 30 heavy (non-hydrogen) atoms. The Morgan fingerprint density at radius 1 is 1.03 bits per heavy atom. The van der Waals surface area contributed by atoms with Gasteiger partial charge in [-0.2, -0.15) is 0 Å². The molecule has 0 aromatic rings. The Hall–Kier alpha value is -1.34. The van der Waals surface area contributed by atoms with Gasteiger partial charge < -0.3 is 24.1 Å². The largest absolute Gasteiger partial charge is 0.509 e. The first-order valence-corrected chi connectivity index (χ1v) is 11.4. The predicted molar refractivity (Wildman–Crippen MR) is 110 cm³/mol. The van der Waals surface area contributed by atoms with Gasteiger partial charge in [-0.3, -0.25) is 4.79 Å². The molecule has 172 valence electrons. The Bertz CT molecular complexity index is 666. The summed E-state index contributed by atoms with van der Waals surface area (Å²) in [6, 6.07) is 0. The minimum Gasteiger partial charge on any atom is -0.457 e. The number of carbonyl (C=O) groups is 2. The summed E-state index contributed by atoms with van der Waals surface area (Å²) in [4.78, 5) is 25.1. The van der Waals surface area contributed by atoms with Crippen molar-refractivity contribution in [2.75, 3.05) is 0 Å². The number of ether oxygens (including phenoxy) is 4. The third-order valence-corrected chi connectivity index (χ3v) is 7.49. The second kappa shape index (κ2) is 8.30. The number of rotatable bonds is 3. The molecule has 1 N–H and O–H groups in total. The summed E-state index contributed by atoms with van der Waals surface area (Å²) >= 11 is 0. The van der Waals surface area contributed by atoms with Crippen molar-refractivity contribution in [2.24, 2.45) is 23.7 Å². The number of cyclic esters (lactones) is 3. The van der Waals surface area contributed by atoms with Crippen LogP contribution in [0.4, 0.5) is 4.79 Å². The molecule has 7 nitrogen and oxygen atoms in total. The lowest BCUT2D eigenvalue weighted by molar-refractivity contribution is -0.186. The van der Waals surface area contributed by atoms with Crippen LogP contribution in [0.15, 0.2) is 0 Å². The Balaban J connectivity index is 2.03. The normalized spacial score (nSPS) is 49.7. The van der Waals surface area contributed by atoms with Crippen LogP contribution in [0.3, 0.4) is 0 Å². The lowest BCUT2D eigenvalue weighted by atomic mass is 9.76. The number of aliphatic hydroxyl groups is 1. The maximum atomic E-state index is 13.1. The summed E-state index contributed by atoms with van der Waals surface area (Å²) in [5.41, 5.74) is -1.50. The molecule has 0 aliphatic carbocycles. The first-order valence-electron chi connectivity index (χ1n) is 11.4. The van der Waals surface area contributed by atoms with E-state index >= 15 is 0 Å². The lowest BCUT2D eigenvalue weighted by Gasteiger charge is -2.40. The fraction of sp³-hybridized carbons (Fsp3) is 0.913. The molecule has 0 aromatic carbocycles. The minimum atomic E-state index is -1.12. The molecule has 0 amide bonds. The number of hydrogen-bond acceptors (Lipinski definition) is 7. The van der Waals surface area contributed by atoms with E-state index in [0.29, 0.717) is 12.8 Å². The lowest BCUT2D eigenvalue weighted by Crippen LogP contribution is -2.56. The Morgan fingerprint density at radius 2 is 1.67 bits per heavy atom. The highest BCUT2D eigenvalue weighted by Crippen LogP contribution is 2.47. The molecule has 10 atom stereocenters. The van der Waals surface area contributed by atoms with E-state index in [-0.39, 0.29) is 29.5 Å². The topological polar surface area (TPSA) is 91.3 Å². The van der Waals surface area contributed by atoms with E-state index < -0.39 is 42.0 Å². The van der Waals surface area contributed by atoms with Crippen LogP contribution in [-0.4, -0.2) is 52.8 Å². The molecule has 0 radical (unpaired) electrons. The molecule has 7 heteroatoms. The van der Waals surface area contributed by atoms with Crippen LogP contribution < -0.4 is 0 Å². The van der Waals surface area contributed by atoms with Crippen molar-refractivity contribution in [3.63, 3.8) is 0 Å². The molecule has 3 heterocycles. The number of hydrogen-bond donors (Lipinski definition) is 1. The van der Waals surface area contributed by atoms with Gasteiger partial charge >= 0.3 is 12.1 Å². The monoisotopic (exact) mass is 426 g/mol. The third-order valence-electron chi connectivity index (χ3n) is 7.49. The first-order chi connectivity index (χ1) is 13.9. The average Bonchev–Trinajstić information content (AvgIpc) is 3.12. The molecule has 3 saturated heterocycles. The smallest absolute Gasteiger partial charge is 0.457 e. The van der Waals surface area contributed by atoms with E-state index in [2.05, 4.69) is 13.8 Å². The molecule has 0 aromatic heterocycles. The molecule has 0 spiro atoms. The van der Waals surface area contributed by atoms with Crippen LogP contribution in [-0.2, 0) is 23.7 Å². The van der Waals surface area contributed by atoms with E-state index in [9.17, 15) is 14.7 Å². The number of esters is 1. The van der Waals surface area contributed by atoms with Crippen LogP contribution >= 0.6 is 0 Å². The van der Waals surface area contributed by atoms with Crippen LogP contribution in [0.2, 0.25) is 0 Å². The van der Waals surface area contributed by atoms with Crippen molar-refractivity contribution < 1.29 is 33.6 Å². The fourth-order valence-electron chi connectivity index (χ4n) is 5.98. The zero-order chi connectivity index (χ0) is 22.4. The van der Waals surface area contributed by atoms with Crippen LogP contribution in [0.5, 0.6) is 0 Å². The van der Waals surface area contributed by atoms with Crippen LogP contribution in [0.1, 0.15) is 74.1 Å². The fourth-order valence-corrected chi connectivity index (χ4v) is 5.98. The number of aliphatic hydroxyl groups excluding tert-OH is 1. The van der Waals surface area contributed by atoms with Gasteiger partial charge in [-0.05, 0) is 51.9 Å². The minimum absolute atomic E-state index is 0.119. The van der Waals surface area contributed by atoms with E-state index in [1.807, 2.05) is 20.8 Å². The number of fused-ring (bicyclic) bond motifs is 2. The summed E-state index contributed by atoms with van der Waals surface area (Å²) in [5, 5.41) is 10.8. The molecule has 3 fully saturated rings. The SMILES string of the molecule is CCC[C@H]1OC(=O)O[C@@]1(C)[C@@H]1OC(=O)[C@H](C)[C@@H](O)[C@H](C)C[C@@]2(C)CC(C)C(O2)[C@@H]1C. The summed E-state index contributed by atoms with van der Waals surface area (Å²) in [7, 11) is 0. The van der Waals surface area contributed by atoms with Gasteiger partial charge in [-0.1, -0.05) is 34.1 Å². The highest BCUT2D eigenvalue weighted by Gasteiger charge is 2.59. The van der Waals surface area contributed by atoms with Crippen molar-refractivity contribution in [2.45, 2.75) is 110 Å². The second-order valence-corrected chi connectivity index (χ2v) is 10.3. The Kier molecular flexibility index (Phi) is 6.46. The van der Waals surface area contributed by atoms with E-state index in [1.54, 1.807) is 13.8 Å². The highest BCUT2D eigenvalue weighted by atomic mass is 16.8. The molecule has 2 bridgehead atoms. The molecular formula is C23H38O7. The van der Waals surface area contributed by atoms with Gasteiger partial charge in [-0.25, -0.2) is 4.79 Å². The van der Waals surface area contributed by atoms with Gasteiger partial charge in [0.2, 0.25) is 0 Å². The summed E-state index contributed by atoms with van der Waals surface area (Å²) in [5.74, 6) is -1.28. The zero-order valence-electron chi connectivity index (χ0n) is 19.3. The van der Waals surface area contributed by atoms with Gasteiger partial charge in [0.25, 0.3) is 0 Å². The van der Waals surface area contributed by atoms with Crippen molar-refractivity contribution in [3.8, 4) is 0 Å². The van der Waals surface area contributed by atoms with E-state index in [4.69, 9.17) is 18.9 Å². The third kappa shape index (κ3) is 4.07. The quantitative estimate of drug-likeness (QED) is 0.685. The van der Waals surface area contributed by atoms with Gasteiger partial charge in [-0.15, -0.1) is 0 Å². The van der Waals surface area contributed by atoms with Gasteiger partial charge in [0.05, 0.1) is 23.7 Å². The highest BCUT2D eigenvalue weighted by molar-refractivity contribution is 5.73. The summed E-state index contributed by atoms with van der Waals surface area (Å²) in [6.45, 7) is 13.7. The summed E-state index contributed by atoms with van der Waals surface area (Å²) in [6.07, 6.45) is -0.0673.